The van der Waals surface area contributed by atoms with Gasteiger partial charge < -0.3 is 10.2 Å². The number of hydrogen-bond acceptors (Lipinski definition) is 2. The first-order valence-corrected chi connectivity index (χ1v) is 25.1. The molecule has 0 unspecified atom stereocenters. The van der Waals surface area contributed by atoms with E-state index >= 15 is 0 Å². The summed E-state index contributed by atoms with van der Waals surface area (Å²) in [6.07, 6.45) is 4.93. The first-order valence-electron chi connectivity index (χ1n) is 25.1. The van der Waals surface area contributed by atoms with Crippen LogP contribution in [-0.2, 0) is 16.2 Å². The van der Waals surface area contributed by atoms with Crippen molar-refractivity contribution in [2.45, 2.75) is 69.6 Å². The SMILES string of the molecule is CC1(C)c2ccccc2Nc2c(-c3cccc4c(-c5cccc6c5-c5ccccc5C65CCCC5)c5cccc(-c6cccc7c6N(c6ccccc6)c6ccccc6C7(C)C)c5cc34)cccc21. The molecular weight excluding hydrogens is 833 g/mol. The predicted octanol–water partition coefficient (Wildman–Crippen LogP) is 18.3. The van der Waals surface area contributed by atoms with Gasteiger partial charge in [-0.3, -0.25) is 0 Å². The Morgan fingerprint density at radius 1 is 0.377 bits per heavy atom. The van der Waals surface area contributed by atoms with Gasteiger partial charge in [0.2, 0.25) is 0 Å². The van der Waals surface area contributed by atoms with Gasteiger partial charge in [0, 0.05) is 38.7 Å². The van der Waals surface area contributed by atoms with Gasteiger partial charge >= 0.3 is 0 Å². The Kier molecular flexibility index (Phi) is 8.58. The zero-order chi connectivity index (χ0) is 46.2. The van der Waals surface area contributed by atoms with E-state index in [2.05, 4.69) is 238 Å². The van der Waals surface area contributed by atoms with Crippen LogP contribution in [0.1, 0.15) is 86.8 Å². The third-order valence-electron chi connectivity index (χ3n) is 17.0. The molecule has 0 aromatic heterocycles. The van der Waals surface area contributed by atoms with Crippen molar-refractivity contribution >= 4 is 50.0 Å². The van der Waals surface area contributed by atoms with Crippen molar-refractivity contribution < 1.29 is 0 Å². The molecule has 1 N–H and O–H groups in total. The highest BCUT2D eigenvalue weighted by Crippen LogP contribution is 2.61. The lowest BCUT2D eigenvalue weighted by molar-refractivity contribution is 0.550. The predicted molar refractivity (Wildman–Crippen MR) is 291 cm³/mol. The normalized spacial score (nSPS) is 16.3. The van der Waals surface area contributed by atoms with E-state index in [1.165, 1.54) is 148 Å². The Morgan fingerprint density at radius 3 is 1.65 bits per heavy atom. The molecule has 14 rings (SSSR count). The summed E-state index contributed by atoms with van der Waals surface area (Å²) in [5.74, 6) is 0. The molecule has 332 valence electrons. The van der Waals surface area contributed by atoms with Crippen molar-refractivity contribution in [3.8, 4) is 44.5 Å². The molecule has 2 aliphatic carbocycles. The molecule has 10 aromatic rings. The molecule has 0 amide bonds. The summed E-state index contributed by atoms with van der Waals surface area (Å²) in [6, 6.07) is 76.1. The van der Waals surface area contributed by atoms with Crippen LogP contribution in [0.3, 0.4) is 0 Å². The van der Waals surface area contributed by atoms with Gasteiger partial charge in [0.15, 0.2) is 0 Å². The van der Waals surface area contributed by atoms with Crippen molar-refractivity contribution in [2.75, 3.05) is 10.2 Å². The Hall–Kier alpha value is -7.68. The number of rotatable bonds is 4. The van der Waals surface area contributed by atoms with E-state index in [4.69, 9.17) is 0 Å². The summed E-state index contributed by atoms with van der Waals surface area (Å²) in [5, 5.41) is 9.06. The van der Waals surface area contributed by atoms with Gasteiger partial charge in [-0.15, -0.1) is 0 Å². The van der Waals surface area contributed by atoms with Crippen LogP contribution in [0.15, 0.2) is 200 Å². The van der Waals surface area contributed by atoms with Gasteiger partial charge in [0.1, 0.15) is 0 Å². The van der Waals surface area contributed by atoms with E-state index in [-0.39, 0.29) is 16.2 Å². The Morgan fingerprint density at radius 2 is 0.899 bits per heavy atom. The smallest absolute Gasteiger partial charge is 0.0581 e. The van der Waals surface area contributed by atoms with E-state index in [0.717, 1.165) is 5.69 Å². The number of nitrogens with zero attached hydrogens (tertiary/aromatic N) is 1. The number of benzene rings is 10. The zero-order valence-electron chi connectivity index (χ0n) is 39.8. The standard InChI is InChI=1S/C67H54N2/c1-65(2)54-32-10-12-37-59(54)68-63-47(28-18-35-57(63)65)43-24-16-26-45-51(43)41-52-44(48-29-19-36-58-64(48)69(42-21-6-5-7-22-42)60-38-13-11-33-55(60)66(58,3)4)25-17-27-46(52)61(45)50-30-20-34-56-62(50)49-23-8-9-31-53(49)67(56)39-14-15-40-67/h5-13,16-38,41,68H,14-15,39-40H2,1-4H3. The van der Waals surface area contributed by atoms with E-state index in [1.807, 2.05) is 0 Å². The lowest BCUT2D eigenvalue weighted by Crippen LogP contribution is -2.31. The summed E-state index contributed by atoms with van der Waals surface area (Å²) >= 11 is 0. The van der Waals surface area contributed by atoms with Gasteiger partial charge in [-0.2, -0.15) is 0 Å². The van der Waals surface area contributed by atoms with E-state index in [1.54, 1.807) is 0 Å². The molecule has 10 aromatic carbocycles. The topological polar surface area (TPSA) is 15.3 Å². The second-order valence-electron chi connectivity index (χ2n) is 21.2. The first kappa shape index (κ1) is 40.4. The van der Waals surface area contributed by atoms with Crippen molar-refractivity contribution in [3.63, 3.8) is 0 Å². The quantitative estimate of drug-likeness (QED) is 0.177. The van der Waals surface area contributed by atoms with Crippen LogP contribution in [0.25, 0.3) is 66.1 Å². The van der Waals surface area contributed by atoms with Crippen LogP contribution in [0.5, 0.6) is 0 Å². The highest BCUT2D eigenvalue weighted by atomic mass is 15.2. The second-order valence-corrected chi connectivity index (χ2v) is 21.2. The monoisotopic (exact) mass is 886 g/mol. The lowest BCUT2D eigenvalue weighted by Gasteiger charge is -2.43. The molecule has 0 saturated heterocycles. The molecule has 1 saturated carbocycles. The number of hydrogen-bond donors (Lipinski definition) is 1. The number of fused-ring (bicyclic) bond motifs is 11. The van der Waals surface area contributed by atoms with Gasteiger partial charge in [-0.25, -0.2) is 0 Å². The number of para-hydroxylation sites is 5. The number of anilines is 5. The van der Waals surface area contributed by atoms with Gasteiger partial charge in [0.05, 0.1) is 17.1 Å². The lowest BCUT2D eigenvalue weighted by atomic mass is 9.72. The molecule has 4 aliphatic rings. The molecule has 2 heteroatoms. The van der Waals surface area contributed by atoms with Crippen LogP contribution >= 0.6 is 0 Å². The summed E-state index contributed by atoms with van der Waals surface area (Å²) in [4.78, 5) is 2.53. The molecule has 69 heavy (non-hydrogen) atoms. The fourth-order valence-corrected chi connectivity index (χ4v) is 13.8. The minimum atomic E-state index is -0.233. The third kappa shape index (κ3) is 5.55. The van der Waals surface area contributed by atoms with E-state index in [0.29, 0.717) is 0 Å². The molecule has 2 nitrogen and oxygen atoms in total. The van der Waals surface area contributed by atoms with Crippen LogP contribution in [0, 0.1) is 0 Å². The van der Waals surface area contributed by atoms with E-state index in [9.17, 15) is 0 Å². The minimum absolute atomic E-state index is 0.0591. The first-order chi connectivity index (χ1) is 33.8. The second kappa shape index (κ2) is 14.7. The fourth-order valence-electron chi connectivity index (χ4n) is 13.8. The summed E-state index contributed by atoms with van der Waals surface area (Å²) in [6.45, 7) is 9.55. The fraction of sp³-hybridized carbons (Fsp3) is 0.164. The van der Waals surface area contributed by atoms with Gasteiger partial charge in [-0.1, -0.05) is 210 Å². The Balaban J connectivity index is 1.10. The largest absolute Gasteiger partial charge is 0.355 e. The van der Waals surface area contributed by atoms with Crippen molar-refractivity contribution in [1.82, 2.24) is 0 Å². The highest BCUT2D eigenvalue weighted by Gasteiger charge is 2.46. The molecule has 1 fully saturated rings. The maximum atomic E-state index is 3.99. The molecule has 0 atom stereocenters. The molecule has 0 radical (unpaired) electrons. The van der Waals surface area contributed by atoms with Crippen LogP contribution < -0.4 is 10.2 Å². The van der Waals surface area contributed by atoms with Crippen molar-refractivity contribution in [1.29, 1.82) is 0 Å². The molecule has 2 aliphatic heterocycles. The van der Waals surface area contributed by atoms with Crippen LogP contribution in [0.2, 0.25) is 0 Å². The minimum Gasteiger partial charge on any atom is -0.355 e. The van der Waals surface area contributed by atoms with Gasteiger partial charge in [0.25, 0.3) is 0 Å². The summed E-state index contributed by atoms with van der Waals surface area (Å²) in [7, 11) is 0. The summed E-state index contributed by atoms with van der Waals surface area (Å²) < 4.78 is 0. The van der Waals surface area contributed by atoms with Crippen molar-refractivity contribution in [2.24, 2.45) is 0 Å². The van der Waals surface area contributed by atoms with E-state index < -0.39 is 0 Å². The van der Waals surface area contributed by atoms with Crippen molar-refractivity contribution in [3.05, 3.63) is 234 Å². The van der Waals surface area contributed by atoms with Crippen LogP contribution in [-0.4, -0.2) is 0 Å². The molecule has 2 heterocycles. The zero-order valence-corrected chi connectivity index (χ0v) is 39.8. The molecular formula is C67H54N2. The highest BCUT2D eigenvalue weighted by molar-refractivity contribution is 6.22. The molecule has 0 bridgehead atoms. The van der Waals surface area contributed by atoms with Gasteiger partial charge in [-0.05, 0) is 131 Å². The Labute approximate surface area is 405 Å². The van der Waals surface area contributed by atoms with Crippen LogP contribution in [0.4, 0.5) is 28.4 Å². The average molecular weight is 887 g/mol. The number of nitrogens with one attached hydrogen (secondary N) is 1. The Bertz CT molecular complexity index is 3770. The average Bonchev–Trinajstić information content (AvgIpc) is 3.99. The maximum Gasteiger partial charge on any atom is 0.0581 e. The molecule has 1 spiro atoms. The summed E-state index contributed by atoms with van der Waals surface area (Å²) in [5.41, 5.74) is 24.4. The maximum absolute atomic E-state index is 3.99. The third-order valence-corrected chi connectivity index (χ3v) is 17.0.